The Morgan fingerprint density at radius 3 is 2.54 bits per heavy atom. The molecule has 0 spiro atoms. The van der Waals surface area contributed by atoms with Crippen LogP contribution in [-0.4, -0.2) is 30.2 Å². The van der Waals surface area contributed by atoms with Crippen molar-refractivity contribution in [3.8, 4) is 5.75 Å². The predicted molar refractivity (Wildman–Crippen MR) is 102 cm³/mol. The summed E-state index contributed by atoms with van der Waals surface area (Å²) >= 11 is 0. The number of carbonyl (C=O) groups excluding carboxylic acids is 1. The molecule has 1 saturated heterocycles. The van der Waals surface area contributed by atoms with Crippen LogP contribution in [-0.2, 0) is 4.79 Å². The molecular formula is C21H25F3N2O2. The topological polar surface area (TPSA) is 41.6 Å². The average molecular weight is 394 g/mol. The van der Waals surface area contributed by atoms with E-state index < -0.39 is 23.5 Å². The zero-order valence-electron chi connectivity index (χ0n) is 16.3. The molecule has 2 aromatic rings. The van der Waals surface area contributed by atoms with E-state index >= 15 is 0 Å². The normalized spacial score (nSPS) is 18.3. The Kier molecular flexibility index (Phi) is 5.57. The lowest BCUT2D eigenvalue weighted by Gasteiger charge is -2.32. The number of hydrogen-bond acceptors (Lipinski definition) is 3. The van der Waals surface area contributed by atoms with Gasteiger partial charge < -0.3 is 4.74 Å². The van der Waals surface area contributed by atoms with Gasteiger partial charge in [0.25, 0.3) is 0 Å². The smallest absolute Gasteiger partial charge is 0.410 e. The number of fused-ring (bicyclic) bond motifs is 1. The third kappa shape index (κ3) is 3.94. The van der Waals surface area contributed by atoms with Gasteiger partial charge in [0.1, 0.15) is 5.75 Å². The van der Waals surface area contributed by atoms with Crippen molar-refractivity contribution < 1.29 is 22.7 Å². The second kappa shape index (κ2) is 7.62. The number of hydrogen-bond donors (Lipinski definition) is 1. The Morgan fingerprint density at radius 2 is 1.93 bits per heavy atom. The van der Waals surface area contributed by atoms with E-state index in [-0.39, 0.29) is 17.9 Å². The number of halogens is 3. The zero-order valence-corrected chi connectivity index (χ0v) is 16.3. The average Bonchev–Trinajstić information content (AvgIpc) is 2.88. The summed E-state index contributed by atoms with van der Waals surface area (Å²) in [5.41, 5.74) is 1.56. The molecule has 1 fully saturated rings. The van der Waals surface area contributed by atoms with Crippen molar-refractivity contribution in [3.63, 3.8) is 0 Å². The number of rotatable bonds is 6. The highest BCUT2D eigenvalue weighted by molar-refractivity contribution is 5.89. The van der Waals surface area contributed by atoms with Gasteiger partial charge in [-0.05, 0) is 37.1 Å². The Bertz CT molecular complexity index is 864. The third-order valence-corrected chi connectivity index (χ3v) is 5.01. The number of alkyl halides is 3. The number of unbranched alkanes of at least 4 members (excludes halogenated alkanes) is 1. The summed E-state index contributed by atoms with van der Waals surface area (Å²) in [6, 6.07) is 8.29. The number of amides is 1. The van der Waals surface area contributed by atoms with Gasteiger partial charge in [-0.1, -0.05) is 43.7 Å². The minimum absolute atomic E-state index is 0.0414. The third-order valence-electron chi connectivity index (χ3n) is 5.01. The molecular weight excluding hydrogens is 369 g/mol. The molecule has 1 aliphatic heterocycles. The highest BCUT2D eigenvalue weighted by Gasteiger charge is 2.52. The summed E-state index contributed by atoms with van der Waals surface area (Å²) in [5.74, 6) is -0.219. The van der Waals surface area contributed by atoms with Crippen LogP contribution in [0.3, 0.4) is 0 Å². The highest BCUT2D eigenvalue weighted by atomic mass is 19.4. The van der Waals surface area contributed by atoms with Crippen LogP contribution in [0.5, 0.6) is 5.75 Å². The summed E-state index contributed by atoms with van der Waals surface area (Å²) in [7, 11) is 0. The van der Waals surface area contributed by atoms with Gasteiger partial charge >= 0.3 is 6.18 Å². The molecule has 1 N–H and O–H groups in total. The minimum Gasteiger partial charge on any atom is -0.493 e. The number of carbonyl (C=O) groups is 1. The molecule has 28 heavy (non-hydrogen) atoms. The van der Waals surface area contributed by atoms with E-state index in [2.05, 4.69) is 5.43 Å². The van der Waals surface area contributed by atoms with Crippen LogP contribution in [0.2, 0.25) is 0 Å². The van der Waals surface area contributed by atoms with Gasteiger partial charge in [-0.3, -0.25) is 10.2 Å². The van der Waals surface area contributed by atoms with Crippen LogP contribution in [0.15, 0.2) is 36.4 Å². The van der Waals surface area contributed by atoms with Crippen LogP contribution >= 0.6 is 0 Å². The predicted octanol–water partition coefficient (Wildman–Crippen LogP) is 5.00. The molecule has 0 bridgehead atoms. The fraction of sp³-hybridized carbons (Fsp3) is 0.476. The standard InChI is InChI=1S/C21H25F3N2O2/c1-4-5-12-28-16-11-10-14-8-6-7-9-15(14)17(16)18(21(22,23)24)26-13-20(2,3)19(27)25-26/h6-11,18H,4-5,12-13H2,1-3H3,(H,25,27). The van der Waals surface area contributed by atoms with E-state index in [0.717, 1.165) is 17.9 Å². The molecule has 1 heterocycles. The minimum atomic E-state index is -4.60. The first-order valence-electron chi connectivity index (χ1n) is 9.44. The Labute approximate surface area is 162 Å². The molecule has 0 radical (unpaired) electrons. The van der Waals surface area contributed by atoms with Gasteiger partial charge in [-0.25, -0.2) is 5.01 Å². The SMILES string of the molecule is CCCCOc1ccc2ccccc2c1C(N1CC(C)(C)C(=O)N1)C(F)(F)F. The van der Waals surface area contributed by atoms with Gasteiger partial charge in [0.15, 0.2) is 6.04 Å². The molecule has 0 aromatic heterocycles. The van der Waals surface area contributed by atoms with E-state index in [0.29, 0.717) is 17.4 Å². The largest absolute Gasteiger partial charge is 0.493 e. The van der Waals surface area contributed by atoms with Crippen LogP contribution in [0.4, 0.5) is 13.2 Å². The first-order chi connectivity index (χ1) is 13.1. The highest BCUT2D eigenvalue weighted by Crippen LogP contribution is 2.46. The molecule has 2 aromatic carbocycles. The van der Waals surface area contributed by atoms with Crippen molar-refractivity contribution in [2.45, 2.75) is 45.8 Å². The number of ether oxygens (including phenoxy) is 1. The molecule has 3 rings (SSSR count). The zero-order chi connectivity index (χ0) is 20.5. The van der Waals surface area contributed by atoms with Crippen molar-refractivity contribution in [1.82, 2.24) is 10.4 Å². The van der Waals surface area contributed by atoms with Gasteiger partial charge in [0.05, 0.1) is 12.0 Å². The molecule has 1 aliphatic rings. The lowest BCUT2D eigenvalue weighted by Crippen LogP contribution is -2.43. The number of benzene rings is 2. The molecule has 1 amide bonds. The summed E-state index contributed by atoms with van der Waals surface area (Å²) in [5, 5.41) is 2.16. The summed E-state index contributed by atoms with van der Waals surface area (Å²) in [6.07, 6.45) is -2.97. The van der Waals surface area contributed by atoms with E-state index in [1.54, 1.807) is 50.2 Å². The summed E-state index contributed by atoms with van der Waals surface area (Å²) in [6.45, 7) is 5.55. The number of nitrogens with one attached hydrogen (secondary N) is 1. The van der Waals surface area contributed by atoms with E-state index in [9.17, 15) is 18.0 Å². The molecule has 0 aliphatic carbocycles. The fourth-order valence-corrected chi connectivity index (χ4v) is 3.48. The van der Waals surface area contributed by atoms with Gasteiger partial charge in [0.2, 0.25) is 5.91 Å². The van der Waals surface area contributed by atoms with Crippen molar-refractivity contribution in [1.29, 1.82) is 0 Å². The second-order valence-electron chi connectivity index (χ2n) is 7.80. The van der Waals surface area contributed by atoms with Crippen LogP contribution < -0.4 is 10.2 Å². The van der Waals surface area contributed by atoms with Gasteiger partial charge in [-0.15, -0.1) is 0 Å². The lowest BCUT2D eigenvalue weighted by molar-refractivity contribution is -0.191. The maximum absolute atomic E-state index is 14.3. The maximum Gasteiger partial charge on any atom is 0.410 e. The Morgan fingerprint density at radius 1 is 1.21 bits per heavy atom. The van der Waals surface area contributed by atoms with Crippen LogP contribution in [0.1, 0.15) is 45.2 Å². The van der Waals surface area contributed by atoms with E-state index in [1.807, 2.05) is 6.92 Å². The number of nitrogens with zero attached hydrogens (tertiary/aromatic N) is 1. The first-order valence-corrected chi connectivity index (χ1v) is 9.44. The van der Waals surface area contributed by atoms with E-state index in [4.69, 9.17) is 4.74 Å². The molecule has 1 unspecified atom stereocenters. The number of hydrazine groups is 1. The molecule has 1 atom stereocenters. The molecule has 152 valence electrons. The van der Waals surface area contributed by atoms with E-state index in [1.165, 1.54) is 0 Å². The monoisotopic (exact) mass is 394 g/mol. The quantitative estimate of drug-likeness (QED) is 0.702. The summed E-state index contributed by atoms with van der Waals surface area (Å²) in [4.78, 5) is 12.2. The Hall–Kier alpha value is -2.28. The van der Waals surface area contributed by atoms with Crippen molar-refractivity contribution >= 4 is 16.7 Å². The first kappa shape index (κ1) is 20.5. The summed E-state index contributed by atoms with van der Waals surface area (Å²) < 4.78 is 48.6. The second-order valence-corrected chi connectivity index (χ2v) is 7.80. The fourth-order valence-electron chi connectivity index (χ4n) is 3.48. The maximum atomic E-state index is 14.3. The van der Waals surface area contributed by atoms with Crippen LogP contribution in [0.25, 0.3) is 10.8 Å². The van der Waals surface area contributed by atoms with Gasteiger partial charge in [0, 0.05) is 12.1 Å². The molecule has 0 saturated carbocycles. The van der Waals surface area contributed by atoms with Crippen molar-refractivity contribution in [2.75, 3.05) is 13.2 Å². The van der Waals surface area contributed by atoms with Gasteiger partial charge in [-0.2, -0.15) is 13.2 Å². The molecule has 4 nitrogen and oxygen atoms in total. The Balaban J connectivity index is 2.15. The van der Waals surface area contributed by atoms with Crippen molar-refractivity contribution in [3.05, 3.63) is 42.0 Å². The molecule has 7 heteroatoms. The van der Waals surface area contributed by atoms with Crippen LogP contribution in [0, 0.1) is 5.41 Å². The van der Waals surface area contributed by atoms with Crippen molar-refractivity contribution in [2.24, 2.45) is 5.41 Å². The lowest BCUT2D eigenvalue weighted by atomic mass is 9.92.